The van der Waals surface area contributed by atoms with Gasteiger partial charge in [0.2, 0.25) is 11.7 Å². The first-order chi connectivity index (χ1) is 15.4. The molecule has 0 fully saturated rings. The van der Waals surface area contributed by atoms with Gasteiger partial charge >= 0.3 is 5.69 Å². The summed E-state index contributed by atoms with van der Waals surface area (Å²) in [6.07, 6.45) is 0. The van der Waals surface area contributed by atoms with Crippen LogP contribution in [0.15, 0.2) is 68.0 Å². The fourth-order valence-electron chi connectivity index (χ4n) is 3.54. The number of hydrogen-bond donors (Lipinski definition) is 0. The molecule has 0 unspecified atom stereocenters. The Kier molecular flexibility index (Phi) is 4.82. The van der Waals surface area contributed by atoms with Crippen molar-refractivity contribution in [1.82, 2.24) is 19.3 Å². The van der Waals surface area contributed by atoms with Crippen LogP contribution in [0.25, 0.3) is 27.3 Å². The monoisotopic (exact) mass is 448 g/mol. The lowest BCUT2D eigenvalue weighted by molar-refractivity contribution is 0.370. The molecule has 0 aliphatic carbocycles. The largest absolute Gasteiger partial charge is 0.337 e. The number of nitrogens with zero attached hydrogens (tertiary/aromatic N) is 4. The highest BCUT2D eigenvalue weighted by molar-refractivity contribution is 7.17. The minimum absolute atomic E-state index is 0.0569. The summed E-state index contributed by atoms with van der Waals surface area (Å²) < 4.78 is 22.3. The lowest BCUT2D eigenvalue weighted by atomic mass is 10.1. The number of hydrogen-bond acceptors (Lipinski definition) is 6. The average molecular weight is 448 g/mol. The third-order valence-electron chi connectivity index (χ3n) is 5.37. The zero-order valence-electron chi connectivity index (χ0n) is 17.2. The zero-order chi connectivity index (χ0) is 22.4. The summed E-state index contributed by atoms with van der Waals surface area (Å²) in [5, 5.41) is 5.75. The van der Waals surface area contributed by atoms with Gasteiger partial charge in [-0.1, -0.05) is 29.4 Å². The van der Waals surface area contributed by atoms with Crippen molar-refractivity contribution in [2.24, 2.45) is 0 Å². The number of para-hydroxylation sites is 1. The van der Waals surface area contributed by atoms with Gasteiger partial charge in [-0.15, -0.1) is 11.3 Å². The predicted octanol–water partition coefficient (Wildman–Crippen LogP) is 4.07. The molecule has 160 valence electrons. The number of fused-ring (bicyclic) bond motifs is 1. The fourth-order valence-corrected chi connectivity index (χ4v) is 4.36. The average Bonchev–Trinajstić information content (AvgIpc) is 3.44. The van der Waals surface area contributed by atoms with Gasteiger partial charge in [0, 0.05) is 5.56 Å². The van der Waals surface area contributed by atoms with Crippen LogP contribution in [0.5, 0.6) is 0 Å². The Morgan fingerprint density at radius 1 is 1.06 bits per heavy atom. The summed E-state index contributed by atoms with van der Waals surface area (Å²) in [4.78, 5) is 30.7. The first kappa shape index (κ1) is 20.1. The molecule has 3 heterocycles. The number of halogens is 1. The molecule has 32 heavy (non-hydrogen) atoms. The van der Waals surface area contributed by atoms with Gasteiger partial charge in [0.05, 0.1) is 11.2 Å². The van der Waals surface area contributed by atoms with E-state index < -0.39 is 17.1 Å². The maximum absolute atomic E-state index is 14.4. The minimum atomic E-state index is -0.683. The van der Waals surface area contributed by atoms with Crippen LogP contribution in [0.2, 0.25) is 0 Å². The second-order valence-electron chi connectivity index (χ2n) is 7.41. The molecule has 5 rings (SSSR count). The first-order valence-electron chi connectivity index (χ1n) is 9.82. The summed E-state index contributed by atoms with van der Waals surface area (Å²) in [7, 11) is 0. The van der Waals surface area contributed by atoms with Crippen LogP contribution in [-0.4, -0.2) is 19.3 Å². The van der Waals surface area contributed by atoms with Crippen molar-refractivity contribution < 1.29 is 8.91 Å². The van der Waals surface area contributed by atoms with E-state index in [2.05, 4.69) is 10.1 Å². The van der Waals surface area contributed by atoms with E-state index >= 15 is 0 Å². The molecular weight excluding hydrogens is 431 g/mol. The Morgan fingerprint density at radius 2 is 1.88 bits per heavy atom. The van der Waals surface area contributed by atoms with Crippen molar-refractivity contribution in [3.63, 3.8) is 0 Å². The fraction of sp³-hybridized carbons (Fsp3) is 0.130. The van der Waals surface area contributed by atoms with E-state index in [0.29, 0.717) is 16.0 Å². The molecule has 0 saturated heterocycles. The van der Waals surface area contributed by atoms with E-state index in [-0.39, 0.29) is 18.1 Å². The van der Waals surface area contributed by atoms with E-state index in [9.17, 15) is 14.0 Å². The van der Waals surface area contributed by atoms with E-state index in [1.165, 1.54) is 34.1 Å². The van der Waals surface area contributed by atoms with Crippen LogP contribution in [0.1, 0.15) is 17.0 Å². The Morgan fingerprint density at radius 3 is 2.66 bits per heavy atom. The molecule has 5 aromatic rings. The van der Waals surface area contributed by atoms with Crippen molar-refractivity contribution in [3.05, 3.63) is 97.6 Å². The Bertz CT molecular complexity index is 1600. The summed E-state index contributed by atoms with van der Waals surface area (Å²) in [6.45, 7) is 3.96. The molecule has 0 N–H and O–H groups in total. The smallest absolute Gasteiger partial charge is 0.336 e. The van der Waals surface area contributed by atoms with Gasteiger partial charge in [0.25, 0.3) is 5.56 Å². The molecule has 0 aliphatic rings. The first-order valence-corrected chi connectivity index (χ1v) is 10.7. The van der Waals surface area contributed by atoms with E-state index in [4.69, 9.17) is 4.52 Å². The van der Waals surface area contributed by atoms with Gasteiger partial charge in [-0.3, -0.25) is 9.36 Å². The van der Waals surface area contributed by atoms with E-state index in [1.54, 1.807) is 17.5 Å². The number of aromatic nitrogens is 4. The second kappa shape index (κ2) is 7.69. The van der Waals surface area contributed by atoms with Gasteiger partial charge in [-0.05, 0) is 54.6 Å². The standard InChI is InChI=1S/C23H17FN4O3S/c1-13-7-8-15(11-14(13)2)21-25-19(31-26-21)12-27-18-9-10-32-20(18)22(29)28(23(27)30)17-6-4-3-5-16(17)24/h3-11H,12H2,1-2H3. The van der Waals surface area contributed by atoms with Gasteiger partial charge in [-0.2, -0.15) is 4.98 Å². The van der Waals surface area contributed by atoms with Crippen molar-refractivity contribution in [3.8, 4) is 17.1 Å². The van der Waals surface area contributed by atoms with Crippen LogP contribution in [-0.2, 0) is 6.54 Å². The number of aryl methyl sites for hydroxylation is 2. The number of thiophene rings is 1. The molecule has 3 aromatic heterocycles. The molecule has 7 nitrogen and oxygen atoms in total. The number of benzene rings is 2. The summed E-state index contributed by atoms with van der Waals surface area (Å²) in [5.74, 6) is -0.0596. The predicted molar refractivity (Wildman–Crippen MR) is 120 cm³/mol. The molecule has 2 aromatic carbocycles. The molecular formula is C23H17FN4O3S. The Labute approximate surface area is 185 Å². The molecule has 9 heteroatoms. The van der Waals surface area contributed by atoms with E-state index in [1.807, 2.05) is 32.0 Å². The van der Waals surface area contributed by atoms with Crippen molar-refractivity contribution in [1.29, 1.82) is 0 Å². The van der Waals surface area contributed by atoms with Crippen LogP contribution >= 0.6 is 11.3 Å². The third-order valence-corrected chi connectivity index (χ3v) is 6.27. The van der Waals surface area contributed by atoms with Crippen LogP contribution < -0.4 is 11.2 Å². The molecule has 0 bridgehead atoms. The maximum atomic E-state index is 14.4. The molecule has 0 aliphatic heterocycles. The highest BCUT2D eigenvalue weighted by Crippen LogP contribution is 2.21. The Hall–Kier alpha value is -3.85. The van der Waals surface area contributed by atoms with E-state index in [0.717, 1.165) is 21.3 Å². The van der Waals surface area contributed by atoms with Crippen molar-refractivity contribution >= 4 is 21.6 Å². The van der Waals surface area contributed by atoms with Gasteiger partial charge in [0.1, 0.15) is 17.1 Å². The molecule has 0 radical (unpaired) electrons. The molecule has 0 amide bonds. The molecule has 0 spiro atoms. The maximum Gasteiger partial charge on any atom is 0.336 e. The minimum Gasteiger partial charge on any atom is -0.337 e. The van der Waals surface area contributed by atoms with Crippen LogP contribution in [0.3, 0.4) is 0 Å². The topological polar surface area (TPSA) is 82.9 Å². The SMILES string of the molecule is Cc1ccc(-c2noc(Cn3c(=O)n(-c4ccccc4F)c(=O)c4sccc43)n2)cc1C. The lowest BCUT2D eigenvalue weighted by Gasteiger charge is -2.11. The highest BCUT2D eigenvalue weighted by atomic mass is 32.1. The molecule has 0 atom stereocenters. The van der Waals surface area contributed by atoms with Crippen molar-refractivity contribution in [2.75, 3.05) is 0 Å². The highest BCUT2D eigenvalue weighted by Gasteiger charge is 2.19. The van der Waals surface area contributed by atoms with Crippen LogP contribution in [0.4, 0.5) is 4.39 Å². The van der Waals surface area contributed by atoms with Crippen LogP contribution in [0, 0.1) is 19.7 Å². The summed E-state index contributed by atoms with van der Waals surface area (Å²) in [6, 6.07) is 13.2. The Balaban J connectivity index is 1.63. The quantitative estimate of drug-likeness (QED) is 0.414. The summed E-state index contributed by atoms with van der Waals surface area (Å²) >= 11 is 1.18. The summed E-state index contributed by atoms with van der Waals surface area (Å²) in [5.41, 5.74) is 2.13. The normalized spacial score (nSPS) is 11.3. The lowest BCUT2D eigenvalue weighted by Crippen LogP contribution is -2.39. The second-order valence-corrected chi connectivity index (χ2v) is 8.32. The zero-order valence-corrected chi connectivity index (χ0v) is 18.0. The van der Waals surface area contributed by atoms with Crippen molar-refractivity contribution in [2.45, 2.75) is 20.4 Å². The molecule has 0 saturated carbocycles. The third kappa shape index (κ3) is 3.27. The van der Waals surface area contributed by atoms with Gasteiger partial charge in [-0.25, -0.2) is 13.8 Å². The van der Waals surface area contributed by atoms with Gasteiger partial charge < -0.3 is 4.52 Å². The van der Waals surface area contributed by atoms with Gasteiger partial charge in [0.15, 0.2) is 0 Å². The number of rotatable bonds is 4.